The molecule has 0 fully saturated rings. The number of rotatable bonds is 4. The van der Waals surface area contributed by atoms with E-state index in [0.29, 0.717) is 22.8 Å². The summed E-state index contributed by atoms with van der Waals surface area (Å²) in [6.07, 6.45) is 2.89. The fourth-order valence-corrected chi connectivity index (χ4v) is 2.78. The SMILES string of the molecule is Cc1cc(CS(=O)(=O)N(C)c2ccncc2N)no1. The number of pyridine rings is 1. The molecule has 0 spiro atoms. The van der Waals surface area contributed by atoms with Crippen LogP contribution in [0.25, 0.3) is 0 Å². The molecule has 2 N–H and O–H groups in total. The molecule has 0 aliphatic rings. The van der Waals surface area contributed by atoms with Crippen LogP contribution in [0.4, 0.5) is 11.4 Å². The van der Waals surface area contributed by atoms with E-state index in [1.807, 2.05) is 0 Å². The van der Waals surface area contributed by atoms with Crippen molar-refractivity contribution in [3.8, 4) is 0 Å². The zero-order valence-corrected chi connectivity index (χ0v) is 11.4. The van der Waals surface area contributed by atoms with Crippen LogP contribution in [-0.4, -0.2) is 25.6 Å². The maximum atomic E-state index is 12.2. The Balaban J connectivity index is 2.27. The molecule has 0 aliphatic heterocycles. The maximum absolute atomic E-state index is 12.2. The Kier molecular flexibility index (Phi) is 3.43. The van der Waals surface area contributed by atoms with Crippen LogP contribution >= 0.6 is 0 Å². The summed E-state index contributed by atoms with van der Waals surface area (Å²) in [5, 5.41) is 3.68. The highest BCUT2D eigenvalue weighted by Gasteiger charge is 2.22. The highest BCUT2D eigenvalue weighted by atomic mass is 32.2. The number of sulfonamides is 1. The van der Waals surface area contributed by atoms with E-state index in [2.05, 4.69) is 10.1 Å². The topological polar surface area (TPSA) is 102 Å². The smallest absolute Gasteiger partial charge is 0.240 e. The van der Waals surface area contributed by atoms with Crippen molar-refractivity contribution in [2.45, 2.75) is 12.7 Å². The van der Waals surface area contributed by atoms with Gasteiger partial charge in [0.15, 0.2) is 0 Å². The molecule has 0 unspecified atom stereocenters. The molecular formula is C11H14N4O3S. The van der Waals surface area contributed by atoms with Crippen LogP contribution in [0.1, 0.15) is 11.5 Å². The lowest BCUT2D eigenvalue weighted by Gasteiger charge is -2.19. The molecule has 0 atom stereocenters. The van der Waals surface area contributed by atoms with Crippen molar-refractivity contribution in [1.29, 1.82) is 0 Å². The summed E-state index contributed by atoms with van der Waals surface area (Å²) in [6, 6.07) is 3.13. The van der Waals surface area contributed by atoms with Gasteiger partial charge in [0.25, 0.3) is 0 Å². The first-order valence-electron chi connectivity index (χ1n) is 5.48. The molecule has 0 saturated heterocycles. The Hall–Kier alpha value is -2.09. The van der Waals surface area contributed by atoms with Gasteiger partial charge in [0.1, 0.15) is 17.2 Å². The molecule has 2 aromatic heterocycles. The quantitative estimate of drug-likeness (QED) is 0.894. The summed E-state index contributed by atoms with van der Waals surface area (Å²) < 4.78 is 30.4. The molecule has 2 aromatic rings. The predicted molar refractivity (Wildman–Crippen MR) is 70.9 cm³/mol. The molecule has 7 nitrogen and oxygen atoms in total. The van der Waals surface area contributed by atoms with E-state index >= 15 is 0 Å². The van der Waals surface area contributed by atoms with Crippen LogP contribution in [0.5, 0.6) is 0 Å². The zero-order valence-electron chi connectivity index (χ0n) is 10.6. The van der Waals surface area contributed by atoms with Gasteiger partial charge in [-0.3, -0.25) is 9.29 Å². The summed E-state index contributed by atoms with van der Waals surface area (Å²) in [5.74, 6) is 0.319. The summed E-state index contributed by atoms with van der Waals surface area (Å²) in [4.78, 5) is 3.82. The van der Waals surface area contributed by atoms with Crippen LogP contribution in [0, 0.1) is 6.92 Å². The Morgan fingerprint density at radius 3 is 2.79 bits per heavy atom. The van der Waals surface area contributed by atoms with E-state index < -0.39 is 10.0 Å². The minimum atomic E-state index is -3.57. The van der Waals surface area contributed by atoms with Crippen molar-refractivity contribution >= 4 is 21.4 Å². The maximum Gasteiger partial charge on any atom is 0.240 e. The van der Waals surface area contributed by atoms with Gasteiger partial charge < -0.3 is 10.3 Å². The fourth-order valence-electron chi connectivity index (χ4n) is 1.61. The zero-order chi connectivity index (χ0) is 14.0. The van der Waals surface area contributed by atoms with Gasteiger partial charge in [0.05, 0.1) is 17.6 Å². The lowest BCUT2D eigenvalue weighted by molar-refractivity contribution is 0.392. The average molecular weight is 282 g/mol. The van der Waals surface area contributed by atoms with Gasteiger partial charge in [-0.15, -0.1) is 0 Å². The van der Waals surface area contributed by atoms with E-state index in [-0.39, 0.29) is 5.75 Å². The van der Waals surface area contributed by atoms with Gasteiger partial charge in [-0.2, -0.15) is 0 Å². The second-order valence-electron chi connectivity index (χ2n) is 4.09. The second kappa shape index (κ2) is 4.88. The molecule has 8 heteroatoms. The van der Waals surface area contributed by atoms with Crippen LogP contribution < -0.4 is 10.0 Å². The van der Waals surface area contributed by atoms with Crippen molar-refractivity contribution in [2.75, 3.05) is 17.1 Å². The summed E-state index contributed by atoms with van der Waals surface area (Å²) in [6.45, 7) is 1.70. The van der Waals surface area contributed by atoms with Gasteiger partial charge in [-0.05, 0) is 13.0 Å². The number of nitrogen functional groups attached to an aromatic ring is 1. The molecule has 0 amide bonds. The molecule has 0 radical (unpaired) electrons. The van der Waals surface area contributed by atoms with Crippen molar-refractivity contribution < 1.29 is 12.9 Å². The molecule has 0 bridgehead atoms. The normalized spacial score (nSPS) is 11.5. The summed E-state index contributed by atoms with van der Waals surface area (Å²) in [5.41, 5.74) is 6.75. The standard InChI is InChI=1S/C11H14N4O3S/c1-8-5-9(14-18-8)7-19(16,17)15(2)11-3-4-13-6-10(11)12/h3-6H,7,12H2,1-2H3. The highest BCUT2D eigenvalue weighted by Crippen LogP contribution is 2.24. The monoisotopic (exact) mass is 282 g/mol. The van der Waals surface area contributed by atoms with Crippen molar-refractivity contribution in [1.82, 2.24) is 10.1 Å². The first-order chi connectivity index (χ1) is 8.90. The van der Waals surface area contributed by atoms with E-state index in [4.69, 9.17) is 10.3 Å². The molecule has 0 saturated carbocycles. The lowest BCUT2D eigenvalue weighted by Crippen LogP contribution is -2.28. The second-order valence-corrected chi connectivity index (χ2v) is 6.09. The molecule has 19 heavy (non-hydrogen) atoms. The number of aromatic nitrogens is 2. The number of hydrogen-bond donors (Lipinski definition) is 1. The molecular weight excluding hydrogens is 268 g/mol. The average Bonchev–Trinajstić information content (AvgIpc) is 2.73. The van der Waals surface area contributed by atoms with Crippen LogP contribution in [-0.2, 0) is 15.8 Å². The van der Waals surface area contributed by atoms with Crippen molar-refractivity contribution in [3.05, 3.63) is 36.0 Å². The molecule has 2 heterocycles. The van der Waals surface area contributed by atoms with Crippen LogP contribution in [0.15, 0.2) is 29.0 Å². The van der Waals surface area contributed by atoms with Crippen LogP contribution in [0.3, 0.4) is 0 Å². The van der Waals surface area contributed by atoms with E-state index in [9.17, 15) is 8.42 Å². The Morgan fingerprint density at radius 1 is 1.47 bits per heavy atom. The largest absolute Gasteiger partial charge is 0.396 e. The van der Waals surface area contributed by atoms with Gasteiger partial charge in [0, 0.05) is 19.3 Å². The van der Waals surface area contributed by atoms with E-state index in [1.54, 1.807) is 19.1 Å². The first-order valence-corrected chi connectivity index (χ1v) is 7.09. The van der Waals surface area contributed by atoms with Gasteiger partial charge in [-0.1, -0.05) is 5.16 Å². The minimum absolute atomic E-state index is 0.247. The minimum Gasteiger partial charge on any atom is -0.396 e. The van der Waals surface area contributed by atoms with E-state index in [1.165, 1.54) is 19.4 Å². The molecule has 2 rings (SSSR count). The van der Waals surface area contributed by atoms with Gasteiger partial charge in [-0.25, -0.2) is 8.42 Å². The van der Waals surface area contributed by atoms with Crippen molar-refractivity contribution in [3.63, 3.8) is 0 Å². The number of nitrogens with zero attached hydrogens (tertiary/aromatic N) is 3. The van der Waals surface area contributed by atoms with Crippen molar-refractivity contribution in [2.24, 2.45) is 0 Å². The predicted octanol–water partition coefficient (Wildman–Crippen LogP) is 0.926. The molecule has 0 aliphatic carbocycles. The van der Waals surface area contributed by atoms with Gasteiger partial charge >= 0.3 is 0 Å². The van der Waals surface area contributed by atoms with Gasteiger partial charge in [0.2, 0.25) is 10.0 Å². The third-order valence-electron chi connectivity index (χ3n) is 2.59. The third-order valence-corrected chi connectivity index (χ3v) is 4.28. The number of anilines is 2. The summed E-state index contributed by atoms with van der Waals surface area (Å²) in [7, 11) is -2.13. The van der Waals surface area contributed by atoms with E-state index in [0.717, 1.165) is 4.31 Å². The molecule has 102 valence electrons. The Morgan fingerprint density at radius 2 is 2.21 bits per heavy atom. The Labute approximate surface area is 111 Å². The lowest BCUT2D eigenvalue weighted by atomic mass is 10.3. The van der Waals surface area contributed by atoms with Crippen LogP contribution in [0.2, 0.25) is 0 Å². The highest BCUT2D eigenvalue weighted by molar-refractivity contribution is 7.92. The summed E-state index contributed by atoms with van der Waals surface area (Å²) >= 11 is 0. The third kappa shape index (κ3) is 2.84. The number of nitrogens with two attached hydrogens (primary N) is 1. The first kappa shape index (κ1) is 13.3. The molecule has 0 aromatic carbocycles. The number of aryl methyl sites for hydroxylation is 1. The Bertz CT molecular complexity index is 681. The number of hydrogen-bond acceptors (Lipinski definition) is 6. The fraction of sp³-hybridized carbons (Fsp3) is 0.273.